The Balaban J connectivity index is 2.54. The van der Waals surface area contributed by atoms with Crippen molar-refractivity contribution in [2.45, 2.75) is 13.0 Å². The van der Waals surface area contributed by atoms with Gasteiger partial charge in [0.15, 0.2) is 0 Å². The van der Waals surface area contributed by atoms with Gasteiger partial charge in [-0.25, -0.2) is 0 Å². The van der Waals surface area contributed by atoms with Crippen molar-refractivity contribution < 1.29 is 0 Å². The minimum atomic E-state index is 0.646. The highest BCUT2D eigenvalue weighted by molar-refractivity contribution is 6.38. The molecule has 1 heterocycles. The first-order chi connectivity index (χ1) is 7.22. The lowest BCUT2D eigenvalue weighted by Crippen LogP contribution is -1.94. The third-order valence-corrected chi connectivity index (χ3v) is 2.83. The molecular formula is C12H9Cl2N. The van der Waals surface area contributed by atoms with E-state index in [-0.39, 0.29) is 0 Å². The van der Waals surface area contributed by atoms with Crippen molar-refractivity contribution in [3.8, 4) is 12.3 Å². The molecular weight excluding hydrogens is 229 g/mol. The molecule has 1 nitrogen and oxygen atoms in total. The minimum absolute atomic E-state index is 0.646. The molecule has 2 aromatic rings. The van der Waals surface area contributed by atoms with Gasteiger partial charge >= 0.3 is 0 Å². The molecule has 0 saturated heterocycles. The topological polar surface area (TPSA) is 4.93 Å². The van der Waals surface area contributed by atoms with E-state index in [4.69, 9.17) is 29.6 Å². The molecule has 0 N–H and O–H groups in total. The summed E-state index contributed by atoms with van der Waals surface area (Å²) in [5, 5.41) is 2.34. The van der Waals surface area contributed by atoms with E-state index in [0.29, 0.717) is 16.5 Å². The second-order valence-corrected chi connectivity index (χ2v) is 4.13. The van der Waals surface area contributed by atoms with Crippen LogP contribution in [0.4, 0.5) is 0 Å². The number of rotatable bonds is 2. The average molecular weight is 238 g/mol. The SMILES string of the molecule is C#CCCn1ccc2c(Cl)cc(Cl)cc21. The first kappa shape index (κ1) is 10.4. The molecule has 0 saturated carbocycles. The summed E-state index contributed by atoms with van der Waals surface area (Å²) in [5.74, 6) is 2.61. The Labute approximate surface area is 98.6 Å². The van der Waals surface area contributed by atoms with E-state index in [2.05, 4.69) is 10.5 Å². The highest BCUT2D eigenvalue weighted by Crippen LogP contribution is 2.28. The fourth-order valence-electron chi connectivity index (χ4n) is 1.60. The summed E-state index contributed by atoms with van der Waals surface area (Å²) in [4.78, 5) is 0. The summed E-state index contributed by atoms with van der Waals surface area (Å²) in [6.45, 7) is 0.788. The normalized spacial score (nSPS) is 10.5. The van der Waals surface area contributed by atoms with Gasteiger partial charge in [0.2, 0.25) is 0 Å². The van der Waals surface area contributed by atoms with Gasteiger partial charge in [0.1, 0.15) is 0 Å². The van der Waals surface area contributed by atoms with Gasteiger partial charge in [-0.3, -0.25) is 0 Å². The number of benzene rings is 1. The highest BCUT2D eigenvalue weighted by Gasteiger charge is 2.05. The molecule has 76 valence electrons. The zero-order valence-corrected chi connectivity index (χ0v) is 9.52. The van der Waals surface area contributed by atoms with Gasteiger partial charge in [0.05, 0.1) is 10.5 Å². The second kappa shape index (κ2) is 4.18. The quantitative estimate of drug-likeness (QED) is 0.697. The van der Waals surface area contributed by atoms with Crippen LogP contribution in [0.3, 0.4) is 0 Å². The number of halogens is 2. The Kier molecular flexibility index (Phi) is 2.90. The summed E-state index contributed by atoms with van der Waals surface area (Å²) in [6.07, 6.45) is 7.91. The molecule has 2 rings (SSSR count). The van der Waals surface area contributed by atoms with Crippen molar-refractivity contribution in [1.29, 1.82) is 0 Å². The molecule has 0 aliphatic carbocycles. The van der Waals surface area contributed by atoms with Crippen molar-refractivity contribution in [2.24, 2.45) is 0 Å². The van der Waals surface area contributed by atoms with Crippen LogP contribution in [0.1, 0.15) is 6.42 Å². The molecule has 0 fully saturated rings. The van der Waals surface area contributed by atoms with Gasteiger partial charge < -0.3 is 4.57 Å². The molecule has 0 unspecified atom stereocenters. The lowest BCUT2D eigenvalue weighted by molar-refractivity contribution is 0.749. The fourth-order valence-corrected chi connectivity index (χ4v) is 2.14. The molecule has 0 aliphatic heterocycles. The molecule has 0 amide bonds. The maximum Gasteiger partial charge on any atom is 0.0514 e. The zero-order chi connectivity index (χ0) is 10.8. The van der Waals surface area contributed by atoms with E-state index >= 15 is 0 Å². The largest absolute Gasteiger partial charge is 0.346 e. The number of aromatic nitrogens is 1. The summed E-state index contributed by atoms with van der Waals surface area (Å²) in [6, 6.07) is 5.63. The first-order valence-corrected chi connectivity index (χ1v) is 5.35. The van der Waals surface area contributed by atoms with Gasteiger partial charge in [0, 0.05) is 29.6 Å². The summed E-state index contributed by atoms with van der Waals surface area (Å²) < 4.78 is 2.06. The van der Waals surface area contributed by atoms with Gasteiger partial charge in [-0.15, -0.1) is 12.3 Å². The number of aryl methyl sites for hydroxylation is 1. The molecule has 0 atom stereocenters. The average Bonchev–Trinajstić information content (AvgIpc) is 2.58. The molecule has 3 heteroatoms. The van der Waals surface area contributed by atoms with Crippen molar-refractivity contribution >= 4 is 34.1 Å². The van der Waals surface area contributed by atoms with Crippen LogP contribution in [0, 0.1) is 12.3 Å². The minimum Gasteiger partial charge on any atom is -0.346 e. The van der Waals surface area contributed by atoms with Gasteiger partial charge in [0.25, 0.3) is 0 Å². The maximum atomic E-state index is 6.07. The van der Waals surface area contributed by atoms with Crippen LogP contribution in [0.5, 0.6) is 0 Å². The van der Waals surface area contributed by atoms with Crippen molar-refractivity contribution in [1.82, 2.24) is 4.57 Å². The lowest BCUT2D eigenvalue weighted by atomic mass is 10.2. The Hall–Kier alpha value is -1.10. The predicted molar refractivity (Wildman–Crippen MR) is 65.4 cm³/mol. The number of nitrogens with zero attached hydrogens (tertiary/aromatic N) is 1. The molecule has 0 radical (unpaired) electrons. The van der Waals surface area contributed by atoms with E-state index in [1.165, 1.54) is 0 Å². The Morgan fingerprint density at radius 3 is 2.87 bits per heavy atom. The lowest BCUT2D eigenvalue weighted by Gasteiger charge is -2.03. The van der Waals surface area contributed by atoms with Crippen LogP contribution in [-0.4, -0.2) is 4.57 Å². The van der Waals surface area contributed by atoms with Crippen LogP contribution in [0.2, 0.25) is 10.0 Å². The number of terminal acetylenes is 1. The molecule has 0 spiro atoms. The van der Waals surface area contributed by atoms with E-state index in [0.717, 1.165) is 17.4 Å². The Morgan fingerprint density at radius 1 is 1.33 bits per heavy atom. The van der Waals surface area contributed by atoms with E-state index in [1.807, 2.05) is 18.3 Å². The third kappa shape index (κ3) is 1.97. The van der Waals surface area contributed by atoms with Gasteiger partial charge in [-0.05, 0) is 18.2 Å². The first-order valence-electron chi connectivity index (χ1n) is 4.59. The van der Waals surface area contributed by atoms with Crippen LogP contribution in [-0.2, 0) is 6.54 Å². The number of hydrogen-bond donors (Lipinski definition) is 0. The highest BCUT2D eigenvalue weighted by atomic mass is 35.5. The van der Waals surface area contributed by atoms with Crippen LogP contribution in [0.25, 0.3) is 10.9 Å². The molecule has 1 aromatic carbocycles. The van der Waals surface area contributed by atoms with E-state index < -0.39 is 0 Å². The number of fused-ring (bicyclic) bond motifs is 1. The van der Waals surface area contributed by atoms with Crippen molar-refractivity contribution in [3.63, 3.8) is 0 Å². The molecule has 0 bridgehead atoms. The second-order valence-electron chi connectivity index (χ2n) is 3.28. The van der Waals surface area contributed by atoms with Crippen LogP contribution in [0.15, 0.2) is 24.4 Å². The molecule has 15 heavy (non-hydrogen) atoms. The third-order valence-electron chi connectivity index (χ3n) is 2.30. The van der Waals surface area contributed by atoms with Crippen molar-refractivity contribution in [2.75, 3.05) is 0 Å². The summed E-state index contributed by atoms with van der Waals surface area (Å²) >= 11 is 12.0. The predicted octanol–water partition coefficient (Wildman–Crippen LogP) is 3.97. The fraction of sp³-hybridized carbons (Fsp3) is 0.167. The smallest absolute Gasteiger partial charge is 0.0514 e. The van der Waals surface area contributed by atoms with Gasteiger partial charge in [-0.2, -0.15) is 0 Å². The monoisotopic (exact) mass is 237 g/mol. The summed E-state index contributed by atoms with van der Waals surface area (Å²) in [7, 11) is 0. The maximum absolute atomic E-state index is 6.07. The zero-order valence-electron chi connectivity index (χ0n) is 8.00. The summed E-state index contributed by atoms with van der Waals surface area (Å²) in [5.41, 5.74) is 1.03. The van der Waals surface area contributed by atoms with E-state index in [9.17, 15) is 0 Å². The standard InChI is InChI=1S/C12H9Cl2N/c1-2-3-5-15-6-4-10-11(14)7-9(13)8-12(10)15/h1,4,6-8H,3,5H2. The van der Waals surface area contributed by atoms with Gasteiger partial charge in [-0.1, -0.05) is 23.2 Å². The van der Waals surface area contributed by atoms with E-state index in [1.54, 1.807) is 6.07 Å². The van der Waals surface area contributed by atoms with Crippen molar-refractivity contribution in [3.05, 3.63) is 34.4 Å². The Bertz CT molecular complexity index is 534. The number of hydrogen-bond acceptors (Lipinski definition) is 0. The molecule has 0 aliphatic rings. The van der Waals surface area contributed by atoms with Crippen LogP contribution >= 0.6 is 23.2 Å². The Morgan fingerprint density at radius 2 is 2.13 bits per heavy atom. The van der Waals surface area contributed by atoms with Crippen LogP contribution < -0.4 is 0 Å². The molecule has 1 aromatic heterocycles.